The van der Waals surface area contributed by atoms with Crippen LogP contribution >= 0.6 is 0 Å². The molecule has 2 unspecified atom stereocenters. The van der Waals surface area contributed by atoms with Gasteiger partial charge in [-0.2, -0.15) is 0 Å². The van der Waals surface area contributed by atoms with Gasteiger partial charge in [-0.3, -0.25) is 0 Å². The van der Waals surface area contributed by atoms with Crippen molar-refractivity contribution in [3.63, 3.8) is 0 Å². The third-order valence-corrected chi connectivity index (χ3v) is 8.68. The minimum Gasteiger partial charge on any atom is -0.497 e. The highest BCUT2D eigenvalue weighted by Gasteiger charge is 2.39. The van der Waals surface area contributed by atoms with Crippen LogP contribution in [0.25, 0.3) is 0 Å². The molecule has 0 amide bonds. The average molecular weight is 615 g/mol. The standard InChI is InChI=1S/C38H46O7/c1-41-33-21-31(22-34(25-33)42-2)37(17-11-19-39,29-13-7-5-8-14-29)27-45-28-38(18-12-20-40,30-15-9-6-10-16-30)32-23-35(43-3)26-36(24-32)44-4/h5-10,13-16,21-26,39-40H,11-12,17-20,27-28H2,1-4H3. The van der Waals surface area contributed by atoms with Gasteiger partial charge in [0.05, 0.1) is 41.7 Å². The fraction of sp³-hybridized carbons (Fsp3) is 0.368. The molecule has 4 aromatic carbocycles. The molecule has 4 rings (SSSR count). The van der Waals surface area contributed by atoms with E-state index >= 15 is 0 Å². The first-order valence-corrected chi connectivity index (χ1v) is 15.4. The largest absolute Gasteiger partial charge is 0.497 e. The number of aliphatic hydroxyl groups is 2. The van der Waals surface area contributed by atoms with Gasteiger partial charge in [0.2, 0.25) is 0 Å². The van der Waals surface area contributed by atoms with Gasteiger partial charge in [0, 0.05) is 36.2 Å². The average Bonchev–Trinajstić information content (AvgIpc) is 3.11. The van der Waals surface area contributed by atoms with Crippen LogP contribution in [0.2, 0.25) is 0 Å². The number of hydrogen-bond acceptors (Lipinski definition) is 7. The van der Waals surface area contributed by atoms with Crippen LogP contribution in [0.15, 0.2) is 97.1 Å². The lowest BCUT2D eigenvalue weighted by atomic mass is 9.70. The Morgan fingerprint density at radius 3 is 1.09 bits per heavy atom. The van der Waals surface area contributed by atoms with Crippen LogP contribution < -0.4 is 18.9 Å². The van der Waals surface area contributed by atoms with E-state index in [9.17, 15) is 10.2 Å². The van der Waals surface area contributed by atoms with E-state index in [0.717, 1.165) is 22.3 Å². The maximum atomic E-state index is 10.0. The third-order valence-electron chi connectivity index (χ3n) is 8.68. The van der Waals surface area contributed by atoms with Crippen LogP contribution in [0.1, 0.15) is 47.9 Å². The molecule has 0 radical (unpaired) electrons. The third kappa shape index (κ3) is 7.79. The number of ether oxygens (including phenoxy) is 5. The predicted molar refractivity (Wildman–Crippen MR) is 177 cm³/mol. The zero-order valence-corrected chi connectivity index (χ0v) is 26.8. The fourth-order valence-electron chi connectivity index (χ4n) is 6.23. The van der Waals surface area contributed by atoms with Crippen LogP contribution in [0.4, 0.5) is 0 Å². The zero-order valence-electron chi connectivity index (χ0n) is 26.8. The summed E-state index contributed by atoms with van der Waals surface area (Å²) in [4.78, 5) is 0. The molecule has 0 heterocycles. The van der Waals surface area contributed by atoms with Crippen molar-refractivity contribution in [3.8, 4) is 23.0 Å². The molecule has 2 N–H and O–H groups in total. The van der Waals surface area contributed by atoms with Crippen molar-refractivity contribution in [1.82, 2.24) is 0 Å². The summed E-state index contributed by atoms with van der Waals surface area (Å²) in [6.07, 6.45) is 2.40. The van der Waals surface area contributed by atoms with Crippen LogP contribution in [-0.2, 0) is 15.6 Å². The Morgan fingerprint density at radius 1 is 0.467 bits per heavy atom. The van der Waals surface area contributed by atoms with Crippen molar-refractivity contribution >= 4 is 0 Å². The Hall–Kier alpha value is -4.04. The highest BCUT2D eigenvalue weighted by molar-refractivity contribution is 5.49. The summed E-state index contributed by atoms with van der Waals surface area (Å²) >= 11 is 0. The summed E-state index contributed by atoms with van der Waals surface area (Å²) in [6, 6.07) is 32.4. The van der Waals surface area contributed by atoms with Gasteiger partial charge in [0.15, 0.2) is 0 Å². The molecule has 0 saturated carbocycles. The molecule has 0 aliphatic carbocycles. The summed E-state index contributed by atoms with van der Waals surface area (Å²) in [6.45, 7) is 0.734. The first-order valence-electron chi connectivity index (χ1n) is 15.4. The molecule has 0 aliphatic heterocycles. The molecule has 0 saturated heterocycles. The molecule has 45 heavy (non-hydrogen) atoms. The predicted octanol–water partition coefficient (Wildman–Crippen LogP) is 6.56. The van der Waals surface area contributed by atoms with Gasteiger partial charge in [-0.1, -0.05) is 60.7 Å². The van der Waals surface area contributed by atoms with Crippen molar-refractivity contribution < 1.29 is 33.9 Å². The summed E-state index contributed by atoms with van der Waals surface area (Å²) in [7, 11) is 6.57. The van der Waals surface area contributed by atoms with Gasteiger partial charge in [-0.05, 0) is 72.2 Å². The maximum Gasteiger partial charge on any atom is 0.122 e. The number of aliphatic hydroxyl groups excluding tert-OH is 2. The Balaban J connectivity index is 1.87. The smallest absolute Gasteiger partial charge is 0.122 e. The normalized spacial score (nSPS) is 13.8. The lowest BCUT2D eigenvalue weighted by Crippen LogP contribution is -2.39. The molecule has 0 fully saturated rings. The van der Waals surface area contributed by atoms with Gasteiger partial charge < -0.3 is 33.9 Å². The van der Waals surface area contributed by atoms with E-state index in [1.165, 1.54) is 0 Å². The summed E-state index contributed by atoms with van der Waals surface area (Å²) in [5.41, 5.74) is 2.83. The second-order valence-electron chi connectivity index (χ2n) is 11.2. The quantitative estimate of drug-likeness (QED) is 0.131. The topological polar surface area (TPSA) is 86.6 Å². The summed E-state index contributed by atoms with van der Waals surface area (Å²) in [5.74, 6) is 2.72. The SMILES string of the molecule is COc1cc(OC)cc(C(CCCO)(COCC(CCCO)(c2ccccc2)c2cc(OC)cc(OC)c2)c2ccccc2)c1. The minimum atomic E-state index is -0.628. The lowest BCUT2D eigenvalue weighted by molar-refractivity contribution is 0.0560. The summed E-state index contributed by atoms with van der Waals surface area (Å²) in [5, 5.41) is 20.1. The Kier molecular flexibility index (Phi) is 12.3. The molecule has 0 aliphatic rings. The van der Waals surface area contributed by atoms with Crippen LogP contribution in [0.5, 0.6) is 23.0 Å². The zero-order chi connectivity index (χ0) is 32.1. The second kappa shape index (κ2) is 16.3. The van der Waals surface area contributed by atoms with Crippen molar-refractivity contribution in [1.29, 1.82) is 0 Å². The fourth-order valence-corrected chi connectivity index (χ4v) is 6.23. The van der Waals surface area contributed by atoms with E-state index in [2.05, 4.69) is 24.3 Å². The van der Waals surface area contributed by atoms with Crippen molar-refractivity contribution in [3.05, 3.63) is 119 Å². The molecule has 4 aromatic rings. The second-order valence-corrected chi connectivity index (χ2v) is 11.2. The first-order chi connectivity index (χ1) is 22.0. The molecule has 7 heteroatoms. The highest BCUT2D eigenvalue weighted by atomic mass is 16.5. The Morgan fingerprint density at radius 2 is 0.800 bits per heavy atom. The molecule has 0 aromatic heterocycles. The van der Waals surface area contributed by atoms with Gasteiger partial charge in [-0.15, -0.1) is 0 Å². The van der Waals surface area contributed by atoms with Gasteiger partial charge in [0.1, 0.15) is 23.0 Å². The first kappa shape index (κ1) is 33.8. The van der Waals surface area contributed by atoms with E-state index in [0.29, 0.717) is 61.9 Å². The number of methoxy groups -OCH3 is 4. The maximum absolute atomic E-state index is 10.0. The monoisotopic (exact) mass is 614 g/mol. The Labute approximate surface area is 267 Å². The van der Waals surface area contributed by atoms with Crippen molar-refractivity contribution in [2.75, 3.05) is 54.9 Å². The van der Waals surface area contributed by atoms with Gasteiger partial charge in [0.25, 0.3) is 0 Å². The van der Waals surface area contributed by atoms with Crippen molar-refractivity contribution in [2.45, 2.75) is 36.5 Å². The van der Waals surface area contributed by atoms with Crippen LogP contribution in [0, 0.1) is 0 Å². The van der Waals surface area contributed by atoms with E-state index in [-0.39, 0.29) is 13.2 Å². The molecular weight excluding hydrogens is 568 g/mol. The van der Waals surface area contributed by atoms with Gasteiger partial charge in [-0.25, -0.2) is 0 Å². The highest BCUT2D eigenvalue weighted by Crippen LogP contribution is 2.44. The van der Waals surface area contributed by atoms with Crippen LogP contribution in [-0.4, -0.2) is 65.1 Å². The number of hydrogen-bond donors (Lipinski definition) is 2. The molecule has 0 spiro atoms. The lowest BCUT2D eigenvalue weighted by Gasteiger charge is -2.39. The van der Waals surface area contributed by atoms with E-state index in [4.69, 9.17) is 23.7 Å². The molecule has 2 atom stereocenters. The van der Waals surface area contributed by atoms with Crippen LogP contribution in [0.3, 0.4) is 0 Å². The van der Waals surface area contributed by atoms with E-state index in [1.54, 1.807) is 28.4 Å². The van der Waals surface area contributed by atoms with Crippen molar-refractivity contribution in [2.24, 2.45) is 0 Å². The number of benzene rings is 4. The minimum absolute atomic E-state index is 0.0454. The molecule has 240 valence electrons. The number of rotatable bonds is 18. The summed E-state index contributed by atoms with van der Waals surface area (Å²) < 4.78 is 29.7. The molecular formula is C38H46O7. The molecule has 0 bridgehead atoms. The van der Waals surface area contributed by atoms with E-state index in [1.807, 2.05) is 72.8 Å². The van der Waals surface area contributed by atoms with E-state index < -0.39 is 10.8 Å². The Bertz CT molecular complexity index is 1300. The van der Waals surface area contributed by atoms with Gasteiger partial charge >= 0.3 is 0 Å². The molecule has 7 nitrogen and oxygen atoms in total.